The number of pyridine rings is 1. The largest absolute Gasteiger partial charge is 0.494 e. The Morgan fingerprint density at radius 3 is 2.55 bits per heavy atom. The van der Waals surface area contributed by atoms with E-state index in [4.69, 9.17) is 9.47 Å². The van der Waals surface area contributed by atoms with Gasteiger partial charge in [0.15, 0.2) is 16.6 Å². The zero-order valence-corrected chi connectivity index (χ0v) is 16.5. The van der Waals surface area contributed by atoms with E-state index < -0.39 is 0 Å². The zero-order chi connectivity index (χ0) is 20.4. The second-order valence-electron chi connectivity index (χ2n) is 6.04. The van der Waals surface area contributed by atoms with E-state index >= 15 is 0 Å². The fraction of sp³-hybridized carbons (Fsp3) is 0.0952. The van der Waals surface area contributed by atoms with E-state index in [1.165, 1.54) is 22.1 Å². The summed E-state index contributed by atoms with van der Waals surface area (Å²) in [4.78, 5) is 21.6. The van der Waals surface area contributed by atoms with Gasteiger partial charge >= 0.3 is 0 Å². The Bertz CT molecular complexity index is 1260. The summed E-state index contributed by atoms with van der Waals surface area (Å²) in [5.74, 6) is 0.925. The van der Waals surface area contributed by atoms with Gasteiger partial charge in [-0.05, 0) is 18.2 Å². The second-order valence-corrected chi connectivity index (χ2v) is 6.91. The van der Waals surface area contributed by atoms with Crippen LogP contribution in [0.15, 0.2) is 63.8 Å². The molecule has 0 bridgehead atoms. The number of benzene rings is 2. The first kappa shape index (κ1) is 18.7. The average Bonchev–Trinajstić information content (AvgIpc) is 3.28. The topological polar surface area (TPSA) is 85.9 Å². The van der Waals surface area contributed by atoms with Gasteiger partial charge in [0.1, 0.15) is 0 Å². The highest BCUT2D eigenvalue weighted by Gasteiger charge is 2.17. The van der Waals surface area contributed by atoms with Crippen molar-refractivity contribution in [3.8, 4) is 22.5 Å². The van der Waals surface area contributed by atoms with Gasteiger partial charge in [0.2, 0.25) is 5.88 Å². The van der Waals surface area contributed by atoms with Crippen LogP contribution in [0.25, 0.3) is 15.9 Å². The predicted molar refractivity (Wildman–Crippen MR) is 114 cm³/mol. The minimum Gasteiger partial charge on any atom is -0.494 e. The van der Waals surface area contributed by atoms with E-state index in [0.717, 1.165) is 0 Å². The van der Waals surface area contributed by atoms with Gasteiger partial charge in [-0.3, -0.25) is 9.79 Å². The van der Waals surface area contributed by atoms with Crippen molar-refractivity contribution < 1.29 is 14.6 Å². The first-order chi connectivity index (χ1) is 14.1. The van der Waals surface area contributed by atoms with Gasteiger partial charge in [0, 0.05) is 34.6 Å². The summed E-state index contributed by atoms with van der Waals surface area (Å²) >= 11 is 1.26. The molecule has 0 amide bonds. The summed E-state index contributed by atoms with van der Waals surface area (Å²) in [5.41, 5.74) is 0.694. The molecule has 0 aliphatic carbocycles. The average molecular weight is 407 g/mol. The Labute approximate surface area is 170 Å². The van der Waals surface area contributed by atoms with Crippen LogP contribution in [-0.4, -0.2) is 35.1 Å². The van der Waals surface area contributed by atoms with Crippen molar-refractivity contribution in [1.82, 2.24) is 9.55 Å². The number of aliphatic imine (C=N–C) groups is 1. The second kappa shape index (κ2) is 7.76. The van der Waals surface area contributed by atoms with Crippen molar-refractivity contribution in [3.63, 3.8) is 0 Å². The molecule has 2 heterocycles. The number of methoxy groups -OCH3 is 2. The quantitative estimate of drug-likeness (QED) is 0.507. The van der Waals surface area contributed by atoms with Gasteiger partial charge in [0.05, 0.1) is 25.5 Å². The molecule has 0 radical (unpaired) electrons. The van der Waals surface area contributed by atoms with Gasteiger partial charge in [-0.15, -0.1) is 11.3 Å². The number of hydrogen-bond acceptors (Lipinski definition) is 7. The van der Waals surface area contributed by atoms with Crippen LogP contribution in [0.3, 0.4) is 0 Å². The highest BCUT2D eigenvalue weighted by atomic mass is 32.1. The van der Waals surface area contributed by atoms with Crippen LogP contribution in [0.1, 0.15) is 5.56 Å². The van der Waals surface area contributed by atoms with Crippen LogP contribution in [0.2, 0.25) is 0 Å². The Balaban J connectivity index is 1.90. The lowest BCUT2D eigenvalue weighted by atomic mass is 10.1. The third kappa shape index (κ3) is 3.34. The first-order valence-corrected chi connectivity index (χ1v) is 9.54. The SMILES string of the molecule is COc1ccc(N=Cc2c(O)n(-c3nccs3)c(=O)c3ccccc23)cc1OC. The monoisotopic (exact) mass is 407 g/mol. The number of aromatic nitrogens is 2. The molecular weight excluding hydrogens is 390 g/mol. The molecule has 0 fully saturated rings. The summed E-state index contributed by atoms with van der Waals surface area (Å²) in [6.45, 7) is 0. The van der Waals surface area contributed by atoms with Gasteiger partial charge in [0.25, 0.3) is 5.56 Å². The Kier molecular flexibility index (Phi) is 5.01. The highest BCUT2D eigenvalue weighted by Crippen LogP contribution is 2.32. The highest BCUT2D eigenvalue weighted by molar-refractivity contribution is 7.12. The molecule has 7 nitrogen and oxygen atoms in total. The molecule has 0 aliphatic heterocycles. The molecule has 146 valence electrons. The summed E-state index contributed by atoms with van der Waals surface area (Å²) in [6.07, 6.45) is 3.11. The number of hydrogen-bond donors (Lipinski definition) is 1. The molecular formula is C21H17N3O4S. The van der Waals surface area contributed by atoms with Crippen LogP contribution in [0.5, 0.6) is 17.4 Å². The van der Waals surface area contributed by atoms with E-state index in [1.54, 1.807) is 62.2 Å². The molecule has 0 unspecified atom stereocenters. The maximum Gasteiger partial charge on any atom is 0.267 e. The smallest absolute Gasteiger partial charge is 0.267 e. The number of ether oxygens (including phenoxy) is 2. The molecule has 29 heavy (non-hydrogen) atoms. The van der Waals surface area contributed by atoms with E-state index in [2.05, 4.69) is 9.98 Å². The summed E-state index contributed by atoms with van der Waals surface area (Å²) < 4.78 is 11.7. The van der Waals surface area contributed by atoms with E-state index in [1.807, 2.05) is 6.07 Å². The predicted octanol–water partition coefficient (Wildman–Crippen LogP) is 3.92. The molecule has 2 aromatic carbocycles. The lowest BCUT2D eigenvalue weighted by molar-refractivity contribution is 0.355. The van der Waals surface area contributed by atoms with Crippen LogP contribution in [-0.2, 0) is 0 Å². The third-order valence-electron chi connectivity index (χ3n) is 4.42. The van der Waals surface area contributed by atoms with Gasteiger partial charge < -0.3 is 14.6 Å². The summed E-state index contributed by atoms with van der Waals surface area (Å²) in [5, 5.41) is 14.1. The fourth-order valence-electron chi connectivity index (χ4n) is 3.04. The van der Waals surface area contributed by atoms with Crippen molar-refractivity contribution in [2.24, 2.45) is 4.99 Å². The number of nitrogens with zero attached hydrogens (tertiary/aromatic N) is 3. The fourth-order valence-corrected chi connectivity index (χ4v) is 3.68. The summed E-state index contributed by atoms with van der Waals surface area (Å²) in [7, 11) is 3.11. The van der Waals surface area contributed by atoms with Crippen LogP contribution in [0, 0.1) is 0 Å². The van der Waals surface area contributed by atoms with Crippen LogP contribution >= 0.6 is 11.3 Å². The standard InChI is InChI=1S/C21H17N3O4S/c1-27-17-8-7-13(11-18(17)28-2)23-12-16-14-5-3-4-6-15(14)19(25)24(20(16)26)21-22-9-10-29-21/h3-12,26H,1-2H3. The number of thiazole rings is 1. The number of rotatable bonds is 5. The molecule has 4 aromatic rings. The van der Waals surface area contributed by atoms with Crippen molar-refractivity contribution in [2.45, 2.75) is 0 Å². The minimum atomic E-state index is -0.337. The molecule has 0 saturated carbocycles. The summed E-state index contributed by atoms with van der Waals surface area (Å²) in [6, 6.07) is 12.3. The van der Waals surface area contributed by atoms with Gasteiger partial charge in [-0.2, -0.15) is 0 Å². The van der Waals surface area contributed by atoms with E-state index in [-0.39, 0.29) is 11.4 Å². The van der Waals surface area contributed by atoms with Crippen molar-refractivity contribution in [3.05, 3.63) is 70.0 Å². The van der Waals surface area contributed by atoms with Crippen molar-refractivity contribution >= 4 is 34.0 Å². The molecule has 0 saturated heterocycles. The normalized spacial score (nSPS) is 11.2. The molecule has 4 rings (SSSR count). The van der Waals surface area contributed by atoms with Crippen LogP contribution in [0.4, 0.5) is 5.69 Å². The minimum absolute atomic E-state index is 0.215. The zero-order valence-electron chi connectivity index (χ0n) is 15.7. The molecule has 8 heteroatoms. The molecule has 2 aromatic heterocycles. The third-order valence-corrected chi connectivity index (χ3v) is 5.18. The van der Waals surface area contributed by atoms with Gasteiger partial charge in [-0.1, -0.05) is 18.2 Å². The maximum absolute atomic E-state index is 12.9. The number of fused-ring (bicyclic) bond motifs is 1. The van der Waals surface area contributed by atoms with Crippen molar-refractivity contribution in [1.29, 1.82) is 0 Å². The Hall–Kier alpha value is -3.65. The lowest BCUT2D eigenvalue weighted by Gasteiger charge is -2.11. The first-order valence-electron chi connectivity index (χ1n) is 8.66. The Morgan fingerprint density at radius 2 is 1.86 bits per heavy atom. The van der Waals surface area contributed by atoms with E-state index in [9.17, 15) is 9.90 Å². The molecule has 0 spiro atoms. The molecule has 0 atom stereocenters. The molecule has 1 N–H and O–H groups in total. The van der Waals surface area contributed by atoms with Crippen LogP contribution < -0.4 is 15.0 Å². The number of aromatic hydroxyl groups is 1. The van der Waals surface area contributed by atoms with Gasteiger partial charge in [-0.25, -0.2) is 9.55 Å². The molecule has 0 aliphatic rings. The van der Waals surface area contributed by atoms with Crippen molar-refractivity contribution in [2.75, 3.05) is 14.2 Å². The maximum atomic E-state index is 12.9. The Morgan fingerprint density at radius 1 is 1.10 bits per heavy atom. The van der Waals surface area contributed by atoms with E-state index in [0.29, 0.717) is 38.7 Å². The lowest BCUT2D eigenvalue weighted by Crippen LogP contribution is -2.19.